The highest BCUT2D eigenvalue weighted by Gasteiger charge is 2.73. The van der Waals surface area contributed by atoms with E-state index in [4.69, 9.17) is 0 Å². The number of carbonyl (C=O) groups excluding carboxylic acids is 15. The number of likely N-dealkylation sites (tertiary alicyclic amines) is 3. The van der Waals surface area contributed by atoms with Crippen molar-refractivity contribution < 1.29 is 97.2 Å². The van der Waals surface area contributed by atoms with Crippen LogP contribution in [0.5, 0.6) is 0 Å². The minimum absolute atomic E-state index is 0.00433. The number of unbranched alkanes of at least 4 members (excludes halogenated alkanes) is 1. The SMILES string of the molecule is CCCC[C@H](NC(=O)[C@@H]1[C@@H]2[C@H](CN1C(=O)[C@@H](NC(=O)NC1(CS(=O)(=O)NC)CCCCC1)C(C)(C)C)C2(C)C)C(=O)C(=O)NC1CC1.CCC[C@H](NC(=O)[C@@H]1[C@@H]2[C@H](CN1C(=O)[C@@H](NC(=O)NC1(CS(=O)(=O)NC)CCCCC1)C(C)(C)C)C2(C)C)C(=O)C(=O)NC1CC1.CNS(=O)(=O)CC1(NC(=O)N[C@H](C(=O)N2C[C@H]3[C@@H]([C@H]2C(=O)N[C@@H](CCC2CC2)C(=O)C(=O)NC2CC2)C3(C)C)C(C)(C)C)CCCCC1. The predicted molar refractivity (Wildman–Crippen MR) is 530 cm³/mol. The quantitative estimate of drug-likeness (QED) is 0.0337. The Bertz CT molecular complexity index is 5010. The molecule has 3 saturated heterocycles. The van der Waals surface area contributed by atoms with Gasteiger partial charge in [-0.25, -0.2) is 53.8 Å². The molecule has 13 rings (SSSR count). The Morgan fingerprint density at radius 2 is 0.596 bits per heavy atom. The van der Waals surface area contributed by atoms with Gasteiger partial charge in [-0.3, -0.25) is 57.5 Å². The number of nitrogens with zero attached hydrogens (tertiary/aromatic N) is 3. The van der Waals surface area contributed by atoms with Gasteiger partial charge in [-0.2, -0.15) is 0 Å². The minimum atomic E-state index is -3.63. The Morgan fingerprint density at radius 3 is 0.823 bits per heavy atom. The van der Waals surface area contributed by atoms with Crippen molar-refractivity contribution >= 4 is 119 Å². The fourth-order valence-corrected chi connectivity index (χ4v) is 26.7. The van der Waals surface area contributed by atoms with Gasteiger partial charge in [0, 0.05) is 37.8 Å². The molecule has 3 heterocycles. The van der Waals surface area contributed by atoms with Crippen molar-refractivity contribution in [1.82, 2.24) is 92.7 Å². The van der Waals surface area contributed by atoms with E-state index in [1.54, 1.807) is 4.90 Å². The van der Waals surface area contributed by atoms with E-state index in [9.17, 15) is 97.2 Å². The van der Waals surface area contributed by atoms with E-state index < -0.39 is 206 Å². The molecule has 39 nitrogen and oxygen atoms in total. The van der Waals surface area contributed by atoms with Crippen LogP contribution in [0, 0.1) is 73.9 Å². The maximum atomic E-state index is 14.4. The Balaban J connectivity index is 0.000000202. The molecule has 0 aromatic carbocycles. The van der Waals surface area contributed by atoms with Crippen molar-refractivity contribution in [2.24, 2.45) is 73.9 Å². The molecule has 0 aromatic heterocycles. The van der Waals surface area contributed by atoms with Crippen LogP contribution in [0.25, 0.3) is 0 Å². The summed E-state index contributed by atoms with van der Waals surface area (Å²) < 4.78 is 82.3. The first kappa shape index (κ1) is 113. The summed E-state index contributed by atoms with van der Waals surface area (Å²) in [4.78, 5) is 208. The van der Waals surface area contributed by atoms with Crippen LogP contribution in [-0.2, 0) is 87.6 Å². The molecule has 0 radical (unpaired) electrons. The number of fused-ring (bicyclic) bond motifs is 3. The van der Waals surface area contributed by atoms with Crippen molar-refractivity contribution in [3.8, 4) is 0 Å². The average Bonchev–Trinajstić information content (AvgIpc) is 1.53. The monoisotopic (exact) mass is 2040 g/mol. The second-order valence-corrected chi connectivity index (χ2v) is 54.0. The lowest BCUT2D eigenvalue weighted by atomic mass is 9.83. The van der Waals surface area contributed by atoms with Gasteiger partial charge >= 0.3 is 18.1 Å². The zero-order chi connectivity index (χ0) is 104. The molecule has 0 unspecified atom stereocenters. The highest BCUT2D eigenvalue weighted by molar-refractivity contribution is 7.90. The second-order valence-electron chi connectivity index (χ2n) is 48.2. The number of Topliss-reactive ketones (excluding diaryl/α,β-unsaturated/α-hetero) is 3. The van der Waals surface area contributed by atoms with E-state index in [-0.39, 0.29) is 93.6 Å². The zero-order valence-electron chi connectivity index (χ0n) is 87.1. The summed E-state index contributed by atoms with van der Waals surface area (Å²) >= 11 is 0. The first-order valence-corrected chi connectivity index (χ1v) is 56.9. The van der Waals surface area contributed by atoms with Crippen molar-refractivity contribution in [2.75, 3.05) is 58.0 Å². The minimum Gasteiger partial charge on any atom is -0.347 e. The molecule has 42 heteroatoms. The van der Waals surface area contributed by atoms with Crippen LogP contribution in [0.1, 0.15) is 310 Å². The molecular weight excluding hydrogens is 1870 g/mol. The largest absolute Gasteiger partial charge is 0.347 e. The predicted octanol–water partition coefficient (Wildman–Crippen LogP) is 5.48. The topological polar surface area (TPSA) is 549 Å². The van der Waals surface area contributed by atoms with Gasteiger partial charge in [0.05, 0.1) is 52.0 Å². The van der Waals surface area contributed by atoms with Gasteiger partial charge in [0.2, 0.25) is 82.9 Å². The number of nitrogens with one attached hydrogen (secondary N) is 15. The molecule has 0 aromatic rings. The lowest BCUT2D eigenvalue weighted by molar-refractivity contribution is -0.145. The summed E-state index contributed by atoms with van der Waals surface area (Å²) in [6, 6.07) is -10.5. The van der Waals surface area contributed by atoms with Gasteiger partial charge in [0.25, 0.3) is 17.7 Å². The Kier molecular flexibility index (Phi) is 35.5. The van der Waals surface area contributed by atoms with Crippen molar-refractivity contribution in [1.29, 1.82) is 0 Å². The Hall–Kier alpha value is -8.22. The molecule has 10 aliphatic carbocycles. The van der Waals surface area contributed by atoms with Crippen LogP contribution < -0.4 is 78.0 Å². The van der Waals surface area contributed by atoms with Crippen molar-refractivity contribution in [3.63, 3.8) is 0 Å². The van der Waals surface area contributed by atoms with Gasteiger partial charge in [0.15, 0.2) is 0 Å². The number of rotatable bonds is 41. The summed E-state index contributed by atoms with van der Waals surface area (Å²) in [6.45, 7) is 33.6. The lowest BCUT2D eigenvalue weighted by Gasteiger charge is -2.40. The normalized spacial score (nSPS) is 26.5. The van der Waals surface area contributed by atoms with E-state index in [2.05, 4.69) is 120 Å². The number of ketones is 3. The molecule has 796 valence electrons. The number of hydrogen-bond acceptors (Lipinski definition) is 21. The maximum absolute atomic E-state index is 14.4. The first-order chi connectivity index (χ1) is 65.6. The van der Waals surface area contributed by atoms with E-state index in [0.29, 0.717) is 89.8 Å². The lowest BCUT2D eigenvalue weighted by Crippen LogP contribution is -2.64. The van der Waals surface area contributed by atoms with Gasteiger partial charge in [-0.15, -0.1) is 0 Å². The number of urea groups is 3. The van der Waals surface area contributed by atoms with Crippen LogP contribution in [0.4, 0.5) is 14.4 Å². The second kappa shape index (κ2) is 44.2. The number of carbonyl (C=O) groups is 15. The highest BCUT2D eigenvalue weighted by atomic mass is 32.2. The number of amides is 15. The Morgan fingerprint density at radius 1 is 0.340 bits per heavy atom. The van der Waals surface area contributed by atoms with E-state index in [1.807, 2.05) is 76.2 Å². The van der Waals surface area contributed by atoms with E-state index in [1.165, 1.54) is 30.9 Å². The molecule has 15 atom stereocenters. The third kappa shape index (κ3) is 28.4. The molecule has 13 aliphatic rings. The van der Waals surface area contributed by atoms with Crippen LogP contribution in [-0.4, -0.2) is 276 Å². The van der Waals surface area contributed by atoms with Crippen molar-refractivity contribution in [2.45, 2.75) is 399 Å². The van der Waals surface area contributed by atoms with E-state index in [0.717, 1.165) is 122 Å². The molecular formula is C99H166N18O21S3. The fourth-order valence-electron chi connectivity index (χ4n) is 23.0. The summed E-state index contributed by atoms with van der Waals surface area (Å²) in [6.07, 6.45) is 21.3. The van der Waals surface area contributed by atoms with E-state index >= 15 is 0 Å². The van der Waals surface area contributed by atoms with Crippen LogP contribution in [0.3, 0.4) is 0 Å². The number of sulfonamides is 3. The highest BCUT2D eigenvalue weighted by Crippen LogP contribution is 2.67. The number of hydrogen-bond donors (Lipinski definition) is 15. The average molecular weight is 2040 g/mol. The van der Waals surface area contributed by atoms with Crippen LogP contribution >= 0.6 is 0 Å². The molecule has 0 bridgehead atoms. The van der Waals surface area contributed by atoms with Crippen molar-refractivity contribution in [3.05, 3.63) is 0 Å². The molecule has 13 fully saturated rings. The summed E-state index contributed by atoms with van der Waals surface area (Å²) in [5, 5.41) is 34.1. The molecule has 15 N–H and O–H groups in total. The smallest absolute Gasteiger partial charge is 0.315 e. The fraction of sp³-hybridized carbons (Fsp3) is 0.848. The van der Waals surface area contributed by atoms with Crippen LogP contribution in [0.15, 0.2) is 0 Å². The van der Waals surface area contributed by atoms with Gasteiger partial charge < -0.3 is 78.5 Å². The summed E-state index contributed by atoms with van der Waals surface area (Å²) in [5.41, 5.74) is -5.74. The number of piperidine rings is 3. The maximum Gasteiger partial charge on any atom is 0.315 e. The van der Waals surface area contributed by atoms with Gasteiger partial charge in [0.1, 0.15) is 36.3 Å². The van der Waals surface area contributed by atoms with Crippen LogP contribution in [0.2, 0.25) is 0 Å². The molecule has 141 heavy (non-hydrogen) atoms. The molecule has 10 saturated carbocycles. The zero-order valence-corrected chi connectivity index (χ0v) is 89.5. The standard InChI is InChI=1S/C34H56N6O7S.C33H56N6O7S.C32H54N6O7S/c1-32(2,3)27(38-31(45)39-34(16-8-7-9-17-34)19-48(46,47)35-6)30(44)40-18-22-24(33(22,4)5)25(40)28(42)37-23(15-12-20-10-11-20)26(41)29(43)36-21-13-14-21;1-8-9-13-22(25(40)28(42)35-20-14-15-20)36-27(41)24-23-21(32(23,5)6)18-39(24)29(43)26(31(2,3)4)37-30(44)38-33(16-11-10-12-17-33)19-47(45,46)34-7;1-8-12-21(24(39)27(41)34-19-13-14-19)35-26(40)23-22-20(31(22,5)6)17-38(23)28(42)25(30(2,3)4)36-29(43)37-32(15-10-9-11-16-32)18-46(44,45)33-7/h20-25,27,35H,7-19H2,1-6H3,(H,36,43)(H,37,42)(H2,38,39,45);20-24,26,34H,8-19H2,1-7H3,(H,35,42)(H,36,41)(H2,37,38,44);19-23,25,33H,8-18H2,1-7H3,(H,34,41)(H,35,40)(H2,36,37,43)/t22-,23-,24-,25-,27+;21-,22-,23-,24-,26+;20-,21-,22-,23-,25+/m000/s1. The first-order valence-electron chi connectivity index (χ1n) is 51.9. The van der Waals surface area contributed by atoms with Gasteiger partial charge in [-0.05, 0) is 198 Å². The summed E-state index contributed by atoms with van der Waals surface area (Å²) in [7, 11) is -6.85. The molecule has 0 spiro atoms. The third-order valence-corrected chi connectivity index (χ3v) is 37.3. The van der Waals surface area contributed by atoms with Gasteiger partial charge in [-0.1, -0.05) is 208 Å². The molecule has 3 aliphatic heterocycles. The Labute approximate surface area is 835 Å². The summed E-state index contributed by atoms with van der Waals surface area (Å²) in [5.74, 6) is -7.23. The third-order valence-electron chi connectivity index (χ3n) is 32.6. The molecule has 15 amide bonds.